The Morgan fingerprint density at radius 2 is 2.21 bits per heavy atom. The highest BCUT2D eigenvalue weighted by Crippen LogP contribution is 2.20. The second kappa shape index (κ2) is 4.17. The molecule has 1 aliphatic heterocycles. The summed E-state index contributed by atoms with van der Waals surface area (Å²) in [6.07, 6.45) is 6.38. The third kappa shape index (κ3) is 2.18. The smallest absolute Gasteiger partial charge is 0.0426 e. The Kier molecular flexibility index (Phi) is 2.91. The summed E-state index contributed by atoms with van der Waals surface area (Å²) >= 11 is 2.35. The van der Waals surface area contributed by atoms with E-state index in [0.29, 0.717) is 0 Å². The maximum absolute atomic E-state index is 2.35. The van der Waals surface area contributed by atoms with Crippen molar-refractivity contribution in [3.05, 3.63) is 51.8 Å². The van der Waals surface area contributed by atoms with Crippen LogP contribution in [0, 0.1) is 3.57 Å². The molecule has 0 saturated heterocycles. The van der Waals surface area contributed by atoms with Crippen molar-refractivity contribution in [1.82, 2.24) is 4.90 Å². The molecule has 0 aliphatic carbocycles. The van der Waals surface area contributed by atoms with Crippen LogP contribution < -0.4 is 0 Å². The molecule has 0 N–H and O–H groups in total. The van der Waals surface area contributed by atoms with Crippen LogP contribution in [-0.2, 0) is 0 Å². The average molecular weight is 297 g/mol. The van der Waals surface area contributed by atoms with Gasteiger partial charge in [0.25, 0.3) is 0 Å². The zero-order chi connectivity index (χ0) is 9.97. The Morgan fingerprint density at radius 1 is 1.36 bits per heavy atom. The molecule has 1 aromatic rings. The number of benzene rings is 1. The molecule has 1 heterocycles. The number of rotatable bonds is 1. The van der Waals surface area contributed by atoms with Crippen LogP contribution in [0.25, 0.3) is 5.57 Å². The van der Waals surface area contributed by atoms with Crippen molar-refractivity contribution < 1.29 is 0 Å². The van der Waals surface area contributed by atoms with Crippen LogP contribution in [0.2, 0.25) is 0 Å². The van der Waals surface area contributed by atoms with Crippen LogP contribution in [0.1, 0.15) is 5.56 Å². The van der Waals surface area contributed by atoms with Gasteiger partial charge in [-0.3, -0.25) is 0 Å². The van der Waals surface area contributed by atoms with Gasteiger partial charge in [-0.05, 0) is 58.1 Å². The van der Waals surface area contributed by atoms with Crippen LogP contribution in [0.3, 0.4) is 0 Å². The minimum Gasteiger partial charge on any atom is -0.376 e. The highest BCUT2D eigenvalue weighted by atomic mass is 127. The van der Waals surface area contributed by atoms with E-state index in [0.717, 1.165) is 6.54 Å². The largest absolute Gasteiger partial charge is 0.376 e. The van der Waals surface area contributed by atoms with Gasteiger partial charge in [0.2, 0.25) is 0 Å². The van der Waals surface area contributed by atoms with Gasteiger partial charge in [-0.15, -0.1) is 0 Å². The maximum Gasteiger partial charge on any atom is 0.0426 e. The fraction of sp³-hybridized carbons (Fsp3) is 0.167. The normalized spacial score (nSPS) is 15.6. The summed E-state index contributed by atoms with van der Waals surface area (Å²) in [5, 5.41) is 0. The Bertz CT molecular complexity index is 393. The van der Waals surface area contributed by atoms with E-state index >= 15 is 0 Å². The first-order valence-corrected chi connectivity index (χ1v) is 5.67. The summed E-state index contributed by atoms with van der Waals surface area (Å²) < 4.78 is 1.29. The van der Waals surface area contributed by atoms with Gasteiger partial charge in [0.15, 0.2) is 0 Å². The summed E-state index contributed by atoms with van der Waals surface area (Å²) in [6.45, 7) is 0.997. The van der Waals surface area contributed by atoms with Crippen LogP contribution >= 0.6 is 22.6 Å². The fourth-order valence-electron chi connectivity index (χ4n) is 1.56. The third-order valence-corrected chi connectivity index (χ3v) is 2.92. The molecule has 0 amide bonds. The van der Waals surface area contributed by atoms with Crippen LogP contribution in [0.5, 0.6) is 0 Å². The topological polar surface area (TPSA) is 3.24 Å². The molecule has 0 saturated carbocycles. The molecule has 0 aromatic heterocycles. The Balaban J connectivity index is 2.31. The van der Waals surface area contributed by atoms with E-state index < -0.39 is 0 Å². The first-order chi connectivity index (χ1) is 6.75. The molecule has 72 valence electrons. The van der Waals surface area contributed by atoms with Gasteiger partial charge < -0.3 is 4.90 Å². The average Bonchev–Trinajstić information content (AvgIpc) is 2.18. The van der Waals surface area contributed by atoms with Gasteiger partial charge in [0.1, 0.15) is 0 Å². The summed E-state index contributed by atoms with van der Waals surface area (Å²) in [5.74, 6) is 0. The molecule has 14 heavy (non-hydrogen) atoms. The van der Waals surface area contributed by atoms with E-state index in [1.165, 1.54) is 14.7 Å². The summed E-state index contributed by atoms with van der Waals surface area (Å²) in [6, 6.07) is 8.61. The quantitative estimate of drug-likeness (QED) is 0.720. The minimum atomic E-state index is 0.997. The Hall–Kier alpha value is -0.770. The zero-order valence-electron chi connectivity index (χ0n) is 8.07. The van der Waals surface area contributed by atoms with Crippen molar-refractivity contribution in [2.45, 2.75) is 0 Å². The molecule has 1 aromatic carbocycles. The Labute approximate surface area is 98.3 Å². The molecule has 1 nitrogen and oxygen atoms in total. The second-order valence-electron chi connectivity index (χ2n) is 3.46. The Morgan fingerprint density at radius 3 is 2.93 bits per heavy atom. The van der Waals surface area contributed by atoms with Crippen LogP contribution in [0.4, 0.5) is 0 Å². The van der Waals surface area contributed by atoms with E-state index in [1.807, 2.05) is 0 Å². The van der Waals surface area contributed by atoms with Crippen molar-refractivity contribution >= 4 is 28.2 Å². The molecule has 0 bridgehead atoms. The van der Waals surface area contributed by atoms with Crippen LogP contribution in [-0.4, -0.2) is 18.5 Å². The molecule has 1 aliphatic rings. The first kappa shape index (κ1) is 9.77. The summed E-state index contributed by atoms with van der Waals surface area (Å²) in [7, 11) is 2.09. The number of halogens is 1. The second-order valence-corrected chi connectivity index (χ2v) is 4.70. The van der Waals surface area contributed by atoms with Gasteiger partial charge in [-0.2, -0.15) is 0 Å². The highest BCUT2D eigenvalue weighted by Gasteiger charge is 2.05. The molecule has 0 spiro atoms. The fourth-order valence-corrected chi connectivity index (χ4v) is 2.10. The van der Waals surface area contributed by atoms with E-state index in [2.05, 4.69) is 77.2 Å². The molecular weight excluding hydrogens is 285 g/mol. The van der Waals surface area contributed by atoms with Crippen molar-refractivity contribution in [2.24, 2.45) is 0 Å². The lowest BCUT2D eigenvalue weighted by atomic mass is 10.0. The number of likely N-dealkylation sites (N-methyl/N-ethyl adjacent to an activating group) is 1. The monoisotopic (exact) mass is 297 g/mol. The number of nitrogens with zero attached hydrogens (tertiary/aromatic N) is 1. The van der Waals surface area contributed by atoms with Gasteiger partial charge in [0, 0.05) is 17.2 Å². The zero-order valence-corrected chi connectivity index (χ0v) is 10.2. The van der Waals surface area contributed by atoms with Crippen molar-refractivity contribution in [3.8, 4) is 0 Å². The van der Waals surface area contributed by atoms with E-state index in [1.54, 1.807) is 0 Å². The lowest BCUT2D eigenvalue weighted by molar-refractivity contribution is 0.512. The van der Waals surface area contributed by atoms with Crippen molar-refractivity contribution in [2.75, 3.05) is 13.6 Å². The lowest BCUT2D eigenvalue weighted by Gasteiger charge is -2.20. The van der Waals surface area contributed by atoms with E-state index in [-0.39, 0.29) is 0 Å². The molecule has 2 heteroatoms. The highest BCUT2D eigenvalue weighted by molar-refractivity contribution is 14.1. The van der Waals surface area contributed by atoms with E-state index in [9.17, 15) is 0 Å². The van der Waals surface area contributed by atoms with Gasteiger partial charge in [-0.25, -0.2) is 0 Å². The predicted octanol–water partition coefficient (Wildman–Crippen LogP) is 3.13. The van der Waals surface area contributed by atoms with E-state index in [4.69, 9.17) is 0 Å². The molecular formula is C12H12IN. The van der Waals surface area contributed by atoms with Crippen molar-refractivity contribution in [3.63, 3.8) is 0 Å². The SMILES string of the molecule is CN1C=CC=C(c2cccc(I)c2)C1. The standard InChI is InChI=1S/C12H12IN/c1-14-7-3-5-11(9-14)10-4-2-6-12(13)8-10/h2-8H,9H2,1H3. The maximum atomic E-state index is 2.35. The van der Waals surface area contributed by atoms with Gasteiger partial charge in [0.05, 0.1) is 0 Å². The number of allylic oxidation sites excluding steroid dienone is 2. The van der Waals surface area contributed by atoms with Gasteiger partial charge in [-0.1, -0.05) is 18.2 Å². The molecule has 0 fully saturated rings. The minimum absolute atomic E-state index is 0.997. The summed E-state index contributed by atoms with van der Waals surface area (Å²) in [5.41, 5.74) is 2.71. The predicted molar refractivity (Wildman–Crippen MR) is 68.9 cm³/mol. The first-order valence-electron chi connectivity index (χ1n) is 4.59. The molecule has 0 unspecified atom stereocenters. The number of hydrogen-bond acceptors (Lipinski definition) is 1. The molecule has 0 atom stereocenters. The van der Waals surface area contributed by atoms with Crippen molar-refractivity contribution in [1.29, 1.82) is 0 Å². The summed E-state index contributed by atoms with van der Waals surface area (Å²) in [4.78, 5) is 2.19. The van der Waals surface area contributed by atoms with Gasteiger partial charge >= 0.3 is 0 Å². The third-order valence-electron chi connectivity index (χ3n) is 2.25. The van der Waals surface area contributed by atoms with Crippen LogP contribution in [0.15, 0.2) is 42.6 Å². The lowest BCUT2D eigenvalue weighted by Crippen LogP contribution is -2.15. The molecule has 2 rings (SSSR count). The molecule has 0 radical (unpaired) electrons. The number of hydrogen-bond donors (Lipinski definition) is 0.